The molecule has 3 aromatic carbocycles. The van der Waals surface area contributed by atoms with Gasteiger partial charge in [-0.2, -0.15) is 0 Å². The third-order valence-electron chi connectivity index (χ3n) is 6.53. The molecule has 1 saturated carbocycles. The lowest BCUT2D eigenvalue weighted by molar-refractivity contribution is -0.115. The molecule has 0 saturated heterocycles. The first-order chi connectivity index (χ1) is 17.1. The Labute approximate surface area is 217 Å². The molecule has 184 valence electrons. The van der Waals surface area contributed by atoms with Gasteiger partial charge < -0.3 is 5.32 Å². The highest BCUT2D eigenvalue weighted by atomic mass is 32.2. The van der Waals surface area contributed by atoms with E-state index in [9.17, 15) is 9.18 Å². The summed E-state index contributed by atoms with van der Waals surface area (Å²) in [5, 5.41) is 3.35. The molecule has 1 N–H and O–H groups in total. The third kappa shape index (κ3) is 8.15. The van der Waals surface area contributed by atoms with Crippen LogP contribution in [0.25, 0.3) is 0 Å². The van der Waals surface area contributed by atoms with Crippen molar-refractivity contribution in [3.63, 3.8) is 0 Å². The summed E-state index contributed by atoms with van der Waals surface area (Å²) in [6.07, 6.45) is 8.08. The molecule has 0 aromatic heterocycles. The fourth-order valence-electron chi connectivity index (χ4n) is 4.70. The number of carbonyl (C=O) groups excluding carboxylic acids is 1. The van der Waals surface area contributed by atoms with E-state index < -0.39 is 0 Å². The Hall–Kier alpha value is -2.24. The first kappa shape index (κ1) is 25.8. The molecule has 1 aliphatic carbocycles. The molecule has 0 spiro atoms. The molecule has 0 aliphatic heterocycles. The van der Waals surface area contributed by atoms with Gasteiger partial charge in [-0.25, -0.2) is 4.39 Å². The molecule has 3 aromatic rings. The van der Waals surface area contributed by atoms with E-state index in [1.807, 2.05) is 48.2 Å². The molecule has 1 amide bonds. The second-order valence-corrected chi connectivity index (χ2v) is 11.8. The number of carbonyl (C=O) groups is 1. The van der Waals surface area contributed by atoms with E-state index in [-0.39, 0.29) is 11.7 Å². The van der Waals surface area contributed by atoms with E-state index >= 15 is 0 Å². The summed E-state index contributed by atoms with van der Waals surface area (Å²) >= 11 is 3.62. The summed E-state index contributed by atoms with van der Waals surface area (Å²) in [5.41, 5.74) is 3.09. The van der Waals surface area contributed by atoms with Crippen molar-refractivity contribution in [2.24, 2.45) is 5.92 Å². The topological polar surface area (TPSA) is 29.1 Å². The first-order valence-electron chi connectivity index (χ1n) is 12.6. The lowest BCUT2D eigenvalue weighted by Gasteiger charge is -2.27. The van der Waals surface area contributed by atoms with E-state index in [4.69, 9.17) is 0 Å². The van der Waals surface area contributed by atoms with Crippen LogP contribution in [0.15, 0.2) is 82.6 Å². The van der Waals surface area contributed by atoms with Crippen molar-refractivity contribution < 1.29 is 9.18 Å². The standard InChI is InChI=1S/C30H34FNOS2/c1-2-34-27-16-8-23(9-17-27)21-30(33)32-26-14-10-24(11-15-26)29(20-22-6-4-3-5-7-22)35-28-18-12-25(31)13-19-28/h8-19,22,29H,2-7,20-21H2,1H3,(H,32,33). The molecule has 1 fully saturated rings. The van der Waals surface area contributed by atoms with Crippen molar-refractivity contribution in [3.05, 3.63) is 89.7 Å². The predicted octanol–water partition coefficient (Wildman–Crippen LogP) is 8.92. The van der Waals surface area contributed by atoms with Crippen LogP contribution >= 0.6 is 23.5 Å². The van der Waals surface area contributed by atoms with Crippen molar-refractivity contribution in [1.29, 1.82) is 0 Å². The Kier molecular flexibility index (Phi) is 9.73. The summed E-state index contributed by atoms with van der Waals surface area (Å²) in [7, 11) is 0. The number of anilines is 1. The normalized spacial score (nSPS) is 15.0. The van der Waals surface area contributed by atoms with E-state index in [2.05, 4.69) is 36.5 Å². The SMILES string of the molecule is CCSc1ccc(CC(=O)Nc2ccc(C(CC3CCCCC3)Sc3ccc(F)cc3)cc2)cc1. The van der Waals surface area contributed by atoms with Crippen LogP contribution < -0.4 is 5.32 Å². The predicted molar refractivity (Wildman–Crippen MR) is 148 cm³/mol. The van der Waals surface area contributed by atoms with Gasteiger partial charge in [-0.3, -0.25) is 4.79 Å². The summed E-state index contributed by atoms with van der Waals surface area (Å²) < 4.78 is 13.4. The van der Waals surface area contributed by atoms with Crippen LogP contribution in [-0.2, 0) is 11.2 Å². The van der Waals surface area contributed by atoms with Crippen LogP contribution in [0, 0.1) is 11.7 Å². The van der Waals surface area contributed by atoms with Crippen LogP contribution in [0.1, 0.15) is 61.8 Å². The van der Waals surface area contributed by atoms with E-state index in [0.717, 1.165) is 34.2 Å². The molecule has 35 heavy (non-hydrogen) atoms. The van der Waals surface area contributed by atoms with Crippen LogP contribution in [0.4, 0.5) is 10.1 Å². The fraction of sp³-hybridized carbons (Fsp3) is 0.367. The van der Waals surface area contributed by atoms with Gasteiger partial charge in [0.25, 0.3) is 0 Å². The third-order valence-corrected chi connectivity index (χ3v) is 8.72. The number of nitrogens with one attached hydrogen (secondary N) is 1. The number of hydrogen-bond acceptors (Lipinski definition) is 3. The van der Waals surface area contributed by atoms with Crippen LogP contribution in [0.5, 0.6) is 0 Å². The van der Waals surface area contributed by atoms with Crippen LogP contribution in [0.3, 0.4) is 0 Å². The average Bonchev–Trinajstić information content (AvgIpc) is 2.87. The number of amides is 1. The Morgan fingerprint density at radius 1 is 0.914 bits per heavy atom. The number of thioether (sulfide) groups is 2. The molecule has 1 aliphatic rings. The molecule has 0 radical (unpaired) electrons. The van der Waals surface area contributed by atoms with Crippen molar-refractivity contribution in [1.82, 2.24) is 0 Å². The highest BCUT2D eigenvalue weighted by molar-refractivity contribution is 7.99. The van der Waals surface area contributed by atoms with E-state index in [1.54, 1.807) is 11.8 Å². The van der Waals surface area contributed by atoms with Crippen LogP contribution in [-0.4, -0.2) is 11.7 Å². The second kappa shape index (κ2) is 13.2. The molecule has 4 rings (SSSR count). The van der Waals surface area contributed by atoms with Crippen LogP contribution in [0.2, 0.25) is 0 Å². The minimum absolute atomic E-state index is 0.00640. The lowest BCUT2D eigenvalue weighted by Crippen LogP contribution is -2.14. The molecule has 5 heteroatoms. The largest absolute Gasteiger partial charge is 0.326 e. The Bertz CT molecular complexity index is 1060. The zero-order valence-corrected chi connectivity index (χ0v) is 22.0. The maximum absolute atomic E-state index is 13.4. The van der Waals surface area contributed by atoms with Gasteiger partial charge >= 0.3 is 0 Å². The molecular formula is C30H34FNOS2. The average molecular weight is 508 g/mol. The molecule has 0 bridgehead atoms. The zero-order chi connectivity index (χ0) is 24.5. The first-order valence-corrected chi connectivity index (χ1v) is 14.5. The zero-order valence-electron chi connectivity index (χ0n) is 20.3. The van der Waals surface area contributed by atoms with Gasteiger partial charge in [-0.05, 0) is 77.7 Å². The summed E-state index contributed by atoms with van der Waals surface area (Å²) in [6, 6.07) is 23.3. The van der Waals surface area contributed by atoms with Gasteiger partial charge in [-0.15, -0.1) is 23.5 Å². The number of rotatable bonds is 10. The molecule has 1 unspecified atom stereocenters. The number of hydrogen-bond donors (Lipinski definition) is 1. The molecule has 0 heterocycles. The number of halogens is 1. The quantitative estimate of drug-likeness (QED) is 0.278. The molecule has 2 nitrogen and oxygen atoms in total. The smallest absolute Gasteiger partial charge is 0.228 e. The summed E-state index contributed by atoms with van der Waals surface area (Å²) in [4.78, 5) is 14.9. The van der Waals surface area contributed by atoms with E-state index in [1.165, 1.54) is 54.7 Å². The van der Waals surface area contributed by atoms with Crippen molar-refractivity contribution >= 4 is 35.1 Å². The monoisotopic (exact) mass is 507 g/mol. The van der Waals surface area contributed by atoms with Gasteiger partial charge in [0.05, 0.1) is 6.42 Å². The van der Waals surface area contributed by atoms with Gasteiger partial charge in [0.15, 0.2) is 0 Å². The Balaban J connectivity index is 1.39. The van der Waals surface area contributed by atoms with Gasteiger partial charge in [0.2, 0.25) is 5.91 Å². The summed E-state index contributed by atoms with van der Waals surface area (Å²) in [6.45, 7) is 2.14. The van der Waals surface area contributed by atoms with E-state index in [0.29, 0.717) is 11.7 Å². The second-order valence-electron chi connectivity index (χ2n) is 9.22. The molecule has 1 atom stereocenters. The number of benzene rings is 3. The minimum Gasteiger partial charge on any atom is -0.326 e. The van der Waals surface area contributed by atoms with Gasteiger partial charge in [-0.1, -0.05) is 63.3 Å². The Morgan fingerprint density at radius 2 is 1.57 bits per heavy atom. The maximum atomic E-state index is 13.4. The highest BCUT2D eigenvalue weighted by Crippen LogP contribution is 2.43. The van der Waals surface area contributed by atoms with Crippen molar-refractivity contribution in [2.45, 2.75) is 66.9 Å². The summed E-state index contributed by atoms with van der Waals surface area (Å²) in [5.74, 6) is 1.57. The lowest BCUT2D eigenvalue weighted by atomic mass is 9.85. The van der Waals surface area contributed by atoms with Gasteiger partial charge in [0.1, 0.15) is 5.82 Å². The van der Waals surface area contributed by atoms with Gasteiger partial charge in [0, 0.05) is 20.7 Å². The fourth-order valence-corrected chi connectivity index (χ4v) is 6.64. The maximum Gasteiger partial charge on any atom is 0.228 e. The Morgan fingerprint density at radius 3 is 2.23 bits per heavy atom. The van der Waals surface area contributed by atoms with Crippen molar-refractivity contribution in [3.8, 4) is 0 Å². The van der Waals surface area contributed by atoms with Crippen molar-refractivity contribution in [2.75, 3.05) is 11.1 Å². The highest BCUT2D eigenvalue weighted by Gasteiger charge is 2.21. The molecular weight excluding hydrogens is 473 g/mol. The minimum atomic E-state index is -0.200.